The van der Waals surface area contributed by atoms with Crippen LogP contribution in [0.2, 0.25) is 0 Å². The van der Waals surface area contributed by atoms with E-state index in [1.165, 1.54) is 11.3 Å². The van der Waals surface area contributed by atoms with Gasteiger partial charge < -0.3 is 5.32 Å². The quantitative estimate of drug-likeness (QED) is 0.601. The molecule has 1 atom stereocenters. The third-order valence-electron chi connectivity index (χ3n) is 6.56. The molecule has 0 spiro atoms. The Morgan fingerprint density at radius 1 is 1.18 bits per heavy atom. The minimum absolute atomic E-state index is 0.180. The predicted octanol–water partition coefficient (Wildman–Crippen LogP) is 4.54. The molecule has 3 aromatic heterocycles. The lowest BCUT2D eigenvalue weighted by Gasteiger charge is -2.25. The third-order valence-corrected chi connectivity index (χ3v) is 6.56. The third kappa shape index (κ3) is 4.69. The van der Waals surface area contributed by atoms with Crippen LogP contribution in [0, 0.1) is 20.8 Å². The van der Waals surface area contributed by atoms with Crippen LogP contribution in [-0.4, -0.2) is 44.1 Å². The van der Waals surface area contributed by atoms with Gasteiger partial charge in [0.2, 0.25) is 0 Å². The van der Waals surface area contributed by atoms with Crippen LogP contribution in [0.1, 0.15) is 77.6 Å². The maximum Gasteiger partial charge on any atom is 0.269 e. The normalized spacial score (nSPS) is 16.5. The van der Waals surface area contributed by atoms with Crippen molar-refractivity contribution < 1.29 is 4.79 Å². The summed E-state index contributed by atoms with van der Waals surface area (Å²) in [5.74, 6) is -0.180. The number of hydrogen-bond acceptors (Lipinski definition) is 5. The van der Waals surface area contributed by atoms with Crippen molar-refractivity contribution in [3.63, 3.8) is 0 Å². The number of nitrogens with zero attached hydrogens (tertiary/aromatic N) is 5. The summed E-state index contributed by atoms with van der Waals surface area (Å²) >= 11 is 0. The molecule has 0 aliphatic carbocycles. The number of hydrogen-bond donors (Lipinski definition) is 1. The van der Waals surface area contributed by atoms with Crippen molar-refractivity contribution in [2.45, 2.75) is 66.1 Å². The number of aromatic nitrogens is 4. The molecule has 1 saturated heterocycles. The number of likely N-dealkylation sites (tertiary alicyclic amines) is 1. The molecule has 0 radical (unpaired) electrons. The van der Waals surface area contributed by atoms with Crippen molar-refractivity contribution in [2.24, 2.45) is 0 Å². The molecular weight excluding hydrogens is 412 g/mol. The Balaban J connectivity index is 1.61. The van der Waals surface area contributed by atoms with Crippen molar-refractivity contribution in [2.75, 3.05) is 13.6 Å². The number of rotatable bonds is 6. The van der Waals surface area contributed by atoms with E-state index in [1.807, 2.05) is 13.0 Å². The van der Waals surface area contributed by atoms with Crippen LogP contribution in [0.15, 0.2) is 30.5 Å². The first-order valence-corrected chi connectivity index (χ1v) is 11.7. The second-order valence-corrected chi connectivity index (χ2v) is 9.25. The highest BCUT2D eigenvalue weighted by Crippen LogP contribution is 2.35. The van der Waals surface area contributed by atoms with Gasteiger partial charge in [-0.25, -0.2) is 0 Å². The van der Waals surface area contributed by atoms with Gasteiger partial charge in [0.05, 0.1) is 17.4 Å². The van der Waals surface area contributed by atoms with Crippen molar-refractivity contribution in [3.05, 3.63) is 64.5 Å². The maximum atomic E-state index is 11.8. The molecule has 4 rings (SSSR count). The average Bonchev–Trinajstić information content (AvgIpc) is 3.38. The number of amides is 1. The van der Waals surface area contributed by atoms with Gasteiger partial charge in [-0.2, -0.15) is 5.10 Å². The van der Waals surface area contributed by atoms with Gasteiger partial charge in [-0.15, -0.1) is 0 Å². The Bertz CT molecular complexity index is 1150. The number of carbonyl (C=O) groups is 1. The minimum atomic E-state index is -0.180. The lowest BCUT2D eigenvalue weighted by Crippen LogP contribution is -2.24. The molecule has 3 aromatic rings. The fourth-order valence-electron chi connectivity index (χ4n) is 4.84. The largest absolute Gasteiger partial charge is 0.354 e. The standard InChI is InChI=1S/C26H34N6O/c1-16(2)32-19(5)22(18(4)30-32)15-31-11-7-8-25(31)24-13-21(12-17(3)29-24)20-9-10-23(28-14-20)26(33)27-6/h9-10,12-14,16,25H,7-8,11,15H2,1-6H3,(H,27,33). The van der Waals surface area contributed by atoms with Crippen molar-refractivity contribution in [1.29, 1.82) is 0 Å². The van der Waals surface area contributed by atoms with Crippen LogP contribution in [-0.2, 0) is 6.54 Å². The Morgan fingerprint density at radius 2 is 1.97 bits per heavy atom. The van der Waals surface area contributed by atoms with Gasteiger partial charge in [-0.1, -0.05) is 6.07 Å². The van der Waals surface area contributed by atoms with Crippen LogP contribution >= 0.6 is 0 Å². The zero-order valence-electron chi connectivity index (χ0n) is 20.5. The van der Waals surface area contributed by atoms with Crippen LogP contribution < -0.4 is 5.32 Å². The minimum Gasteiger partial charge on any atom is -0.354 e. The number of carbonyl (C=O) groups excluding carboxylic acids is 1. The summed E-state index contributed by atoms with van der Waals surface area (Å²) in [5, 5.41) is 7.40. The Morgan fingerprint density at radius 3 is 2.61 bits per heavy atom. The van der Waals surface area contributed by atoms with Crippen LogP contribution in [0.5, 0.6) is 0 Å². The van der Waals surface area contributed by atoms with Crippen molar-refractivity contribution >= 4 is 5.91 Å². The highest BCUT2D eigenvalue weighted by Gasteiger charge is 2.29. The SMILES string of the molecule is CNC(=O)c1ccc(-c2cc(C)nc(C3CCCN3Cc3c(C)nn(C(C)C)c3C)c2)cn1. The molecule has 1 aliphatic rings. The van der Waals surface area contributed by atoms with E-state index in [0.717, 1.165) is 54.1 Å². The summed E-state index contributed by atoms with van der Waals surface area (Å²) < 4.78 is 2.13. The molecule has 7 heteroatoms. The van der Waals surface area contributed by atoms with Gasteiger partial charge in [0.15, 0.2) is 0 Å². The summed E-state index contributed by atoms with van der Waals surface area (Å²) in [5.41, 5.74) is 8.29. The second kappa shape index (κ2) is 9.43. The molecule has 0 bridgehead atoms. The summed E-state index contributed by atoms with van der Waals surface area (Å²) in [4.78, 5) is 23.6. The smallest absolute Gasteiger partial charge is 0.269 e. The van der Waals surface area contributed by atoms with Gasteiger partial charge in [0, 0.05) is 48.3 Å². The first-order chi connectivity index (χ1) is 15.8. The van der Waals surface area contributed by atoms with E-state index in [1.54, 1.807) is 19.3 Å². The highest BCUT2D eigenvalue weighted by molar-refractivity contribution is 5.92. The van der Waals surface area contributed by atoms with Gasteiger partial charge in [0.1, 0.15) is 5.69 Å². The zero-order chi connectivity index (χ0) is 23.7. The van der Waals surface area contributed by atoms with Crippen molar-refractivity contribution in [3.8, 4) is 11.1 Å². The molecule has 1 unspecified atom stereocenters. The Labute approximate surface area is 196 Å². The van der Waals surface area contributed by atoms with Crippen LogP contribution in [0.4, 0.5) is 0 Å². The molecule has 4 heterocycles. The number of pyridine rings is 2. The molecule has 33 heavy (non-hydrogen) atoms. The maximum absolute atomic E-state index is 11.8. The van der Waals surface area contributed by atoms with E-state index in [0.29, 0.717) is 11.7 Å². The molecule has 0 aromatic carbocycles. The van der Waals surface area contributed by atoms with Gasteiger partial charge >= 0.3 is 0 Å². The molecule has 1 amide bonds. The van der Waals surface area contributed by atoms with Crippen LogP contribution in [0.3, 0.4) is 0 Å². The molecule has 7 nitrogen and oxygen atoms in total. The summed E-state index contributed by atoms with van der Waals surface area (Å²) in [6.07, 6.45) is 4.02. The molecule has 1 N–H and O–H groups in total. The second-order valence-electron chi connectivity index (χ2n) is 9.25. The Hall–Kier alpha value is -3.06. The average molecular weight is 447 g/mol. The first-order valence-electron chi connectivity index (χ1n) is 11.7. The lowest BCUT2D eigenvalue weighted by molar-refractivity contribution is 0.0958. The first kappa shape index (κ1) is 23.1. The molecular formula is C26H34N6O. The number of aryl methyl sites for hydroxylation is 2. The van der Waals surface area contributed by atoms with E-state index in [9.17, 15) is 4.79 Å². The fraction of sp³-hybridized carbons (Fsp3) is 0.462. The molecule has 1 fully saturated rings. The van der Waals surface area contributed by atoms with Gasteiger partial charge in [-0.3, -0.25) is 24.3 Å². The topological polar surface area (TPSA) is 75.9 Å². The predicted molar refractivity (Wildman–Crippen MR) is 130 cm³/mol. The van der Waals surface area contributed by atoms with Crippen LogP contribution in [0.25, 0.3) is 11.1 Å². The summed E-state index contributed by atoms with van der Waals surface area (Å²) in [7, 11) is 1.61. The summed E-state index contributed by atoms with van der Waals surface area (Å²) in [6, 6.07) is 8.63. The number of nitrogens with one attached hydrogen (secondary N) is 1. The highest BCUT2D eigenvalue weighted by atomic mass is 16.1. The monoisotopic (exact) mass is 446 g/mol. The zero-order valence-corrected chi connectivity index (χ0v) is 20.5. The summed E-state index contributed by atoms with van der Waals surface area (Å²) in [6.45, 7) is 12.6. The van der Waals surface area contributed by atoms with E-state index in [4.69, 9.17) is 10.1 Å². The van der Waals surface area contributed by atoms with E-state index >= 15 is 0 Å². The molecule has 0 saturated carbocycles. The Kier molecular flexibility index (Phi) is 6.61. The lowest BCUT2D eigenvalue weighted by atomic mass is 10.0. The van der Waals surface area contributed by atoms with E-state index in [-0.39, 0.29) is 11.9 Å². The van der Waals surface area contributed by atoms with E-state index in [2.05, 4.69) is 59.7 Å². The molecule has 1 aliphatic heterocycles. The fourth-order valence-corrected chi connectivity index (χ4v) is 4.84. The van der Waals surface area contributed by atoms with Gasteiger partial charge in [-0.05, 0) is 77.8 Å². The van der Waals surface area contributed by atoms with Crippen molar-refractivity contribution in [1.82, 2.24) is 30.0 Å². The molecule has 174 valence electrons. The van der Waals surface area contributed by atoms with E-state index < -0.39 is 0 Å². The van der Waals surface area contributed by atoms with Gasteiger partial charge in [0.25, 0.3) is 5.91 Å².